The molecule has 0 fully saturated rings. The maximum absolute atomic E-state index is 7.11. The van der Waals surface area contributed by atoms with Gasteiger partial charge in [0.25, 0.3) is 0 Å². The van der Waals surface area contributed by atoms with E-state index in [9.17, 15) is 0 Å². The second kappa shape index (κ2) is 11.6. The van der Waals surface area contributed by atoms with Gasteiger partial charge in [-0.1, -0.05) is 158 Å². The summed E-state index contributed by atoms with van der Waals surface area (Å²) in [7, 11) is 0. The molecule has 0 bridgehead atoms. The molecule has 0 amide bonds. The van der Waals surface area contributed by atoms with Gasteiger partial charge in [-0.25, -0.2) is 0 Å². The topological polar surface area (TPSA) is 26.0 Å². The standard InChI is InChI=1S/C45H37N/c1-31(14-10-11-27-45(46,37-18-4-2-5-19-37)38-20-6-3-7-21-38)32-25-26-40-36(28-32)30-35-17-13-24-42(44(35)40)41-23-12-16-34-29-33-15-8-9-22-39(33)43(34)41/h2-26,28H,27,29-30,46H2,1H3/b11-10-,31-14+. The molecule has 1 nitrogen and oxygen atoms in total. The smallest absolute Gasteiger partial charge is 0.0700 e. The van der Waals surface area contributed by atoms with Crippen molar-refractivity contribution in [2.24, 2.45) is 5.73 Å². The highest BCUT2D eigenvalue weighted by Crippen LogP contribution is 2.49. The van der Waals surface area contributed by atoms with Crippen LogP contribution in [0, 0.1) is 0 Å². The second-order valence-electron chi connectivity index (χ2n) is 12.7. The molecule has 2 aliphatic carbocycles. The van der Waals surface area contributed by atoms with Gasteiger partial charge in [0, 0.05) is 0 Å². The first-order valence-corrected chi connectivity index (χ1v) is 16.3. The van der Waals surface area contributed by atoms with Crippen LogP contribution in [0.2, 0.25) is 0 Å². The molecular weight excluding hydrogens is 555 g/mol. The number of rotatable bonds is 7. The molecule has 8 rings (SSSR count). The average molecular weight is 592 g/mol. The van der Waals surface area contributed by atoms with Crippen molar-refractivity contribution in [3.05, 3.63) is 197 Å². The molecule has 0 aromatic heterocycles. The monoisotopic (exact) mass is 591 g/mol. The maximum atomic E-state index is 7.11. The van der Waals surface area contributed by atoms with Gasteiger partial charge in [-0.3, -0.25) is 0 Å². The normalized spacial score (nSPS) is 13.4. The Balaban J connectivity index is 1.08. The first-order chi connectivity index (χ1) is 22.6. The van der Waals surface area contributed by atoms with Gasteiger partial charge in [0.05, 0.1) is 5.54 Å². The van der Waals surface area contributed by atoms with Crippen molar-refractivity contribution >= 4 is 5.57 Å². The maximum Gasteiger partial charge on any atom is 0.0700 e. The third-order valence-electron chi connectivity index (χ3n) is 9.97. The SMILES string of the molecule is C/C(=C\C=C/CC(N)(c1ccccc1)c1ccccc1)c1ccc2c(c1)Cc1cccc(-c3cccc4c3-c3ccccc3C4)c1-2. The Hall–Kier alpha value is -5.24. The molecular formula is C45H37N. The van der Waals surface area contributed by atoms with Crippen molar-refractivity contribution in [2.45, 2.75) is 31.7 Å². The summed E-state index contributed by atoms with van der Waals surface area (Å²) in [6.07, 6.45) is 9.27. The quantitative estimate of drug-likeness (QED) is 0.183. The summed E-state index contributed by atoms with van der Waals surface area (Å²) in [6, 6.07) is 50.4. The molecule has 0 heterocycles. The van der Waals surface area contributed by atoms with E-state index in [0.29, 0.717) is 6.42 Å². The van der Waals surface area contributed by atoms with E-state index < -0.39 is 5.54 Å². The molecule has 0 saturated carbocycles. The largest absolute Gasteiger partial charge is 0.317 e. The summed E-state index contributed by atoms with van der Waals surface area (Å²) >= 11 is 0. The van der Waals surface area contributed by atoms with E-state index in [1.165, 1.54) is 66.8 Å². The lowest BCUT2D eigenvalue weighted by Gasteiger charge is -2.29. The van der Waals surface area contributed by atoms with Crippen LogP contribution >= 0.6 is 0 Å². The minimum Gasteiger partial charge on any atom is -0.317 e. The highest BCUT2D eigenvalue weighted by Gasteiger charge is 2.28. The first-order valence-electron chi connectivity index (χ1n) is 16.3. The molecule has 0 unspecified atom stereocenters. The van der Waals surface area contributed by atoms with E-state index in [2.05, 4.69) is 153 Å². The molecule has 0 spiro atoms. The average Bonchev–Trinajstić information content (AvgIpc) is 3.69. The Labute approximate surface area is 272 Å². The third-order valence-corrected chi connectivity index (χ3v) is 9.97. The van der Waals surface area contributed by atoms with Gasteiger partial charge in [0.15, 0.2) is 0 Å². The minimum atomic E-state index is -0.585. The van der Waals surface area contributed by atoms with Crippen LogP contribution in [0.15, 0.2) is 158 Å². The summed E-state index contributed by atoms with van der Waals surface area (Å²) in [5, 5.41) is 0. The predicted molar refractivity (Wildman–Crippen MR) is 194 cm³/mol. The molecule has 2 aliphatic rings. The Morgan fingerprint density at radius 2 is 1.09 bits per heavy atom. The Kier molecular flexibility index (Phi) is 7.12. The van der Waals surface area contributed by atoms with Gasteiger partial charge in [0.1, 0.15) is 0 Å². The number of hydrogen-bond donors (Lipinski definition) is 1. The van der Waals surface area contributed by atoms with Gasteiger partial charge in [0.2, 0.25) is 0 Å². The van der Waals surface area contributed by atoms with Crippen molar-refractivity contribution in [2.75, 3.05) is 0 Å². The lowest BCUT2D eigenvalue weighted by molar-refractivity contribution is 0.547. The Morgan fingerprint density at radius 1 is 0.565 bits per heavy atom. The summed E-state index contributed by atoms with van der Waals surface area (Å²) in [5.41, 5.74) is 25.2. The zero-order valence-electron chi connectivity index (χ0n) is 26.2. The van der Waals surface area contributed by atoms with Crippen LogP contribution in [0.1, 0.15) is 52.3 Å². The molecule has 0 atom stereocenters. The van der Waals surface area contributed by atoms with E-state index in [0.717, 1.165) is 24.0 Å². The molecule has 46 heavy (non-hydrogen) atoms. The lowest BCUT2D eigenvalue weighted by atomic mass is 9.81. The van der Waals surface area contributed by atoms with Crippen LogP contribution in [0.3, 0.4) is 0 Å². The number of hydrogen-bond acceptors (Lipinski definition) is 1. The van der Waals surface area contributed by atoms with Crippen molar-refractivity contribution in [1.82, 2.24) is 0 Å². The van der Waals surface area contributed by atoms with Crippen LogP contribution in [0.25, 0.3) is 39.0 Å². The van der Waals surface area contributed by atoms with Crippen LogP contribution in [0.4, 0.5) is 0 Å². The zero-order valence-corrected chi connectivity index (χ0v) is 26.2. The van der Waals surface area contributed by atoms with Crippen molar-refractivity contribution in [3.8, 4) is 33.4 Å². The van der Waals surface area contributed by atoms with Gasteiger partial charge >= 0.3 is 0 Å². The van der Waals surface area contributed by atoms with Gasteiger partial charge in [-0.2, -0.15) is 0 Å². The number of fused-ring (bicyclic) bond motifs is 6. The van der Waals surface area contributed by atoms with E-state index >= 15 is 0 Å². The predicted octanol–water partition coefficient (Wildman–Crippen LogP) is 10.7. The van der Waals surface area contributed by atoms with E-state index in [4.69, 9.17) is 5.73 Å². The fourth-order valence-electron chi connectivity index (χ4n) is 7.57. The van der Waals surface area contributed by atoms with E-state index in [1.54, 1.807) is 0 Å². The lowest BCUT2D eigenvalue weighted by Crippen LogP contribution is -2.37. The summed E-state index contributed by atoms with van der Waals surface area (Å²) in [5.74, 6) is 0. The second-order valence-corrected chi connectivity index (χ2v) is 12.7. The molecule has 1 heteroatoms. The molecule has 222 valence electrons. The Morgan fingerprint density at radius 3 is 1.74 bits per heavy atom. The molecule has 6 aromatic carbocycles. The van der Waals surface area contributed by atoms with Crippen LogP contribution < -0.4 is 5.73 Å². The van der Waals surface area contributed by atoms with E-state index in [-0.39, 0.29) is 0 Å². The minimum absolute atomic E-state index is 0.585. The first kappa shape index (κ1) is 28.2. The number of nitrogens with two attached hydrogens (primary N) is 1. The summed E-state index contributed by atoms with van der Waals surface area (Å²) in [6.45, 7) is 2.20. The van der Waals surface area contributed by atoms with Crippen LogP contribution in [-0.2, 0) is 18.4 Å². The van der Waals surface area contributed by atoms with Crippen LogP contribution in [-0.4, -0.2) is 0 Å². The van der Waals surface area contributed by atoms with E-state index in [1.807, 2.05) is 12.1 Å². The van der Waals surface area contributed by atoms with Gasteiger partial charge < -0.3 is 5.73 Å². The molecule has 0 aliphatic heterocycles. The van der Waals surface area contributed by atoms with Crippen molar-refractivity contribution in [3.63, 3.8) is 0 Å². The van der Waals surface area contributed by atoms with Gasteiger partial charge in [-0.05, 0) is 104 Å². The molecule has 0 radical (unpaired) electrons. The Bertz CT molecular complexity index is 2090. The summed E-state index contributed by atoms with van der Waals surface area (Å²) < 4.78 is 0. The summed E-state index contributed by atoms with van der Waals surface area (Å²) in [4.78, 5) is 0. The third kappa shape index (κ3) is 4.85. The van der Waals surface area contributed by atoms with Crippen molar-refractivity contribution < 1.29 is 0 Å². The molecule has 6 aromatic rings. The number of allylic oxidation sites excluding steroid dienone is 3. The fraction of sp³-hybridized carbons (Fsp3) is 0.111. The fourth-order valence-corrected chi connectivity index (χ4v) is 7.57. The molecule has 2 N–H and O–H groups in total. The highest BCUT2D eigenvalue weighted by molar-refractivity contribution is 5.98. The highest BCUT2D eigenvalue weighted by atomic mass is 14.7. The number of benzene rings is 6. The van der Waals surface area contributed by atoms with Crippen molar-refractivity contribution in [1.29, 1.82) is 0 Å². The van der Waals surface area contributed by atoms with Gasteiger partial charge in [-0.15, -0.1) is 0 Å². The molecule has 0 saturated heterocycles. The zero-order chi connectivity index (χ0) is 31.1. The van der Waals surface area contributed by atoms with Crippen LogP contribution in [0.5, 0.6) is 0 Å².